The summed E-state index contributed by atoms with van der Waals surface area (Å²) in [5.41, 5.74) is 0. The van der Waals surface area contributed by atoms with E-state index in [-0.39, 0.29) is 0 Å². The van der Waals surface area contributed by atoms with Crippen molar-refractivity contribution >= 4 is 11.8 Å². The Morgan fingerprint density at radius 2 is 2.33 bits per heavy atom. The van der Waals surface area contributed by atoms with Crippen molar-refractivity contribution in [3.05, 3.63) is 0 Å². The molecule has 0 rings (SSSR count). The van der Waals surface area contributed by atoms with Crippen LogP contribution in [0.4, 0.5) is 0 Å². The third kappa shape index (κ3) is 7.97. The quantitative estimate of drug-likeness (QED) is 0.482. The van der Waals surface area contributed by atoms with E-state index in [0.29, 0.717) is 11.8 Å². The lowest BCUT2D eigenvalue weighted by atomic mass is 10.4. The molecule has 70 valence electrons. The van der Waals surface area contributed by atoms with Crippen molar-refractivity contribution < 1.29 is 0 Å². The summed E-state index contributed by atoms with van der Waals surface area (Å²) in [6, 6.07) is 0. The molecule has 0 aliphatic heterocycles. The van der Waals surface area contributed by atoms with Crippen molar-refractivity contribution in [3.63, 3.8) is 0 Å². The maximum Gasteiger partial charge on any atom is 0.0574 e. The first-order chi connectivity index (χ1) is 5.81. The number of hydrogen-bond donors (Lipinski definition) is 1. The van der Waals surface area contributed by atoms with Crippen LogP contribution in [0.25, 0.3) is 0 Å². The Morgan fingerprint density at radius 3 is 2.92 bits per heavy atom. The fourth-order valence-corrected chi connectivity index (χ4v) is 1.93. The molecular formula is C10H19NS. The van der Waals surface area contributed by atoms with Crippen molar-refractivity contribution in [2.75, 3.05) is 18.8 Å². The van der Waals surface area contributed by atoms with Crippen LogP contribution in [0.5, 0.6) is 0 Å². The number of nitrogens with one attached hydrogen (secondary N) is 1. The van der Waals surface area contributed by atoms with Crippen LogP contribution in [-0.2, 0) is 0 Å². The standard InChI is InChI=1S/C10H19NS/c1-4-6-8-12-10(3)9-11-7-5-2/h2,10-11H,4,6-9H2,1,3H3. The van der Waals surface area contributed by atoms with Crippen LogP contribution < -0.4 is 5.32 Å². The first-order valence-electron chi connectivity index (χ1n) is 4.57. The average molecular weight is 185 g/mol. The van der Waals surface area contributed by atoms with Crippen LogP contribution in [0.2, 0.25) is 0 Å². The summed E-state index contributed by atoms with van der Waals surface area (Å²) in [7, 11) is 0. The molecule has 12 heavy (non-hydrogen) atoms. The van der Waals surface area contributed by atoms with E-state index in [1.165, 1.54) is 18.6 Å². The van der Waals surface area contributed by atoms with Crippen molar-refractivity contribution in [1.29, 1.82) is 0 Å². The fourth-order valence-electron chi connectivity index (χ4n) is 0.835. The maximum atomic E-state index is 5.12. The second kappa shape index (κ2) is 8.96. The highest BCUT2D eigenvalue weighted by atomic mass is 32.2. The summed E-state index contributed by atoms with van der Waals surface area (Å²) >= 11 is 2.02. The Morgan fingerprint density at radius 1 is 1.58 bits per heavy atom. The Balaban J connectivity index is 3.11. The van der Waals surface area contributed by atoms with Crippen molar-refractivity contribution in [1.82, 2.24) is 5.32 Å². The van der Waals surface area contributed by atoms with E-state index >= 15 is 0 Å². The lowest BCUT2D eigenvalue weighted by molar-refractivity contribution is 0.746. The highest BCUT2D eigenvalue weighted by molar-refractivity contribution is 7.99. The number of thioether (sulfide) groups is 1. The van der Waals surface area contributed by atoms with E-state index in [1.807, 2.05) is 11.8 Å². The molecule has 0 fully saturated rings. The molecular weight excluding hydrogens is 166 g/mol. The van der Waals surface area contributed by atoms with Gasteiger partial charge < -0.3 is 5.32 Å². The average Bonchev–Trinajstić information content (AvgIpc) is 2.06. The molecule has 0 saturated carbocycles. The predicted molar refractivity (Wildman–Crippen MR) is 58.5 cm³/mol. The molecule has 0 amide bonds. The van der Waals surface area contributed by atoms with Gasteiger partial charge in [0, 0.05) is 11.8 Å². The molecule has 0 aliphatic rings. The van der Waals surface area contributed by atoms with Gasteiger partial charge in [0.25, 0.3) is 0 Å². The summed E-state index contributed by atoms with van der Waals surface area (Å²) in [5, 5.41) is 3.89. The third-order valence-corrected chi connectivity index (χ3v) is 2.82. The highest BCUT2D eigenvalue weighted by Crippen LogP contribution is 2.11. The zero-order valence-electron chi connectivity index (χ0n) is 8.10. The van der Waals surface area contributed by atoms with Crippen LogP contribution >= 0.6 is 11.8 Å². The first kappa shape index (κ1) is 11.9. The minimum atomic E-state index is 0.685. The van der Waals surface area contributed by atoms with E-state index < -0.39 is 0 Å². The molecule has 0 bridgehead atoms. The van der Waals surface area contributed by atoms with Gasteiger partial charge in [0.15, 0.2) is 0 Å². The Labute approximate surface area is 80.7 Å². The van der Waals surface area contributed by atoms with Crippen LogP contribution in [0.1, 0.15) is 26.7 Å². The largest absolute Gasteiger partial charge is 0.305 e. The normalized spacial score (nSPS) is 12.4. The van der Waals surface area contributed by atoms with Crippen molar-refractivity contribution in [2.45, 2.75) is 31.9 Å². The molecule has 0 saturated heterocycles. The molecule has 1 atom stereocenters. The summed E-state index contributed by atoms with van der Waals surface area (Å²) in [6.07, 6.45) is 7.73. The fraction of sp³-hybridized carbons (Fsp3) is 0.800. The topological polar surface area (TPSA) is 12.0 Å². The van der Waals surface area contributed by atoms with Gasteiger partial charge in [-0.2, -0.15) is 11.8 Å². The molecule has 1 nitrogen and oxygen atoms in total. The minimum absolute atomic E-state index is 0.685. The van der Waals surface area contributed by atoms with Crippen LogP contribution in [0.15, 0.2) is 0 Å². The van der Waals surface area contributed by atoms with E-state index in [4.69, 9.17) is 6.42 Å². The van der Waals surface area contributed by atoms with E-state index in [9.17, 15) is 0 Å². The van der Waals surface area contributed by atoms with Crippen LogP contribution in [-0.4, -0.2) is 24.1 Å². The second-order valence-electron chi connectivity index (χ2n) is 2.87. The Hall–Kier alpha value is -0.130. The summed E-state index contributed by atoms with van der Waals surface area (Å²) in [6.45, 7) is 6.18. The molecule has 1 N–H and O–H groups in total. The van der Waals surface area contributed by atoms with Gasteiger partial charge in [-0.3, -0.25) is 0 Å². The molecule has 0 aromatic rings. The number of hydrogen-bond acceptors (Lipinski definition) is 2. The predicted octanol–water partition coefficient (Wildman–Crippen LogP) is 2.13. The smallest absolute Gasteiger partial charge is 0.0574 e. The molecule has 0 aromatic heterocycles. The first-order valence-corrected chi connectivity index (χ1v) is 5.62. The summed E-state index contributed by atoms with van der Waals surface area (Å²) < 4.78 is 0. The number of unbranched alkanes of at least 4 members (excludes halogenated alkanes) is 1. The molecule has 0 spiro atoms. The third-order valence-electron chi connectivity index (χ3n) is 1.56. The van der Waals surface area contributed by atoms with Gasteiger partial charge in [-0.05, 0) is 12.2 Å². The van der Waals surface area contributed by atoms with Gasteiger partial charge in [-0.15, -0.1) is 6.42 Å². The van der Waals surface area contributed by atoms with Gasteiger partial charge in [0.2, 0.25) is 0 Å². The number of terminal acetylenes is 1. The van der Waals surface area contributed by atoms with Crippen molar-refractivity contribution in [3.8, 4) is 12.3 Å². The lowest BCUT2D eigenvalue weighted by Gasteiger charge is -2.10. The minimum Gasteiger partial charge on any atom is -0.305 e. The van der Waals surface area contributed by atoms with E-state index in [2.05, 4.69) is 25.1 Å². The zero-order valence-corrected chi connectivity index (χ0v) is 8.91. The Bertz CT molecular complexity index is 128. The molecule has 0 aromatic carbocycles. The summed E-state index contributed by atoms with van der Waals surface area (Å²) in [5.74, 6) is 3.84. The van der Waals surface area contributed by atoms with Crippen LogP contribution in [0.3, 0.4) is 0 Å². The highest BCUT2D eigenvalue weighted by Gasteiger charge is 1.99. The van der Waals surface area contributed by atoms with Gasteiger partial charge >= 0.3 is 0 Å². The van der Waals surface area contributed by atoms with E-state index in [1.54, 1.807) is 0 Å². The van der Waals surface area contributed by atoms with Crippen molar-refractivity contribution in [2.24, 2.45) is 0 Å². The zero-order chi connectivity index (χ0) is 9.23. The maximum absolute atomic E-state index is 5.12. The summed E-state index contributed by atoms with van der Waals surface area (Å²) in [4.78, 5) is 0. The van der Waals surface area contributed by atoms with Gasteiger partial charge in [-0.1, -0.05) is 26.2 Å². The molecule has 0 heterocycles. The van der Waals surface area contributed by atoms with Gasteiger partial charge in [0.05, 0.1) is 6.54 Å². The number of rotatable bonds is 7. The molecule has 0 aliphatic carbocycles. The van der Waals surface area contributed by atoms with Gasteiger partial charge in [0.1, 0.15) is 0 Å². The monoisotopic (exact) mass is 185 g/mol. The second-order valence-corrected chi connectivity index (χ2v) is 4.42. The van der Waals surface area contributed by atoms with E-state index in [0.717, 1.165) is 6.54 Å². The molecule has 2 heteroatoms. The lowest BCUT2D eigenvalue weighted by Crippen LogP contribution is -2.23. The Kier molecular flexibility index (Phi) is 8.86. The molecule has 1 unspecified atom stereocenters. The van der Waals surface area contributed by atoms with Gasteiger partial charge in [-0.25, -0.2) is 0 Å². The molecule has 0 radical (unpaired) electrons. The van der Waals surface area contributed by atoms with Crippen LogP contribution in [0, 0.1) is 12.3 Å². The SMILES string of the molecule is C#CCNCC(C)SCCCC.